The third kappa shape index (κ3) is 2.42. The summed E-state index contributed by atoms with van der Waals surface area (Å²) < 4.78 is 4.56. The highest BCUT2D eigenvalue weighted by molar-refractivity contribution is 5.76. The second-order valence-electron chi connectivity index (χ2n) is 3.10. The Bertz CT molecular complexity index is 208. The molecule has 0 radical (unpaired) electrons. The van der Waals surface area contributed by atoms with Gasteiger partial charge in [-0.2, -0.15) is 0 Å². The minimum absolute atomic E-state index is 0.194. The van der Waals surface area contributed by atoms with E-state index in [9.17, 15) is 9.59 Å². The molecule has 0 amide bonds. The van der Waals surface area contributed by atoms with Crippen LogP contribution in [0.5, 0.6) is 0 Å². The zero-order chi connectivity index (χ0) is 9.84. The van der Waals surface area contributed by atoms with Crippen LogP contribution >= 0.6 is 0 Å². The lowest BCUT2D eigenvalue weighted by Crippen LogP contribution is -2.46. The number of aliphatic carboxylic acids is 1. The van der Waals surface area contributed by atoms with E-state index < -0.39 is 12.0 Å². The first-order valence-electron chi connectivity index (χ1n) is 4.19. The van der Waals surface area contributed by atoms with E-state index in [-0.39, 0.29) is 11.9 Å². The number of carboxylic acid groups (broad SMARTS) is 1. The fraction of sp³-hybridized carbons (Fsp3) is 0.750. The highest BCUT2D eigenvalue weighted by atomic mass is 16.5. The first-order valence-corrected chi connectivity index (χ1v) is 4.19. The summed E-state index contributed by atoms with van der Waals surface area (Å²) in [6.45, 7) is 0.393. The number of hydrogen-bond acceptors (Lipinski definition) is 4. The van der Waals surface area contributed by atoms with Gasteiger partial charge in [-0.05, 0) is 12.8 Å². The molecule has 0 spiro atoms. The van der Waals surface area contributed by atoms with Crippen LogP contribution in [0.3, 0.4) is 0 Å². The van der Waals surface area contributed by atoms with E-state index in [4.69, 9.17) is 5.11 Å². The summed E-state index contributed by atoms with van der Waals surface area (Å²) in [6.07, 6.45) is 1.06. The molecule has 0 aliphatic carbocycles. The quantitative estimate of drug-likeness (QED) is 0.576. The van der Waals surface area contributed by atoms with Gasteiger partial charge in [0, 0.05) is 6.54 Å². The van der Waals surface area contributed by atoms with Crippen molar-refractivity contribution >= 4 is 11.9 Å². The van der Waals surface area contributed by atoms with Gasteiger partial charge < -0.3 is 15.2 Å². The zero-order valence-corrected chi connectivity index (χ0v) is 7.45. The molecule has 0 unspecified atom stereocenters. The molecule has 0 aromatic rings. The number of esters is 1. The fourth-order valence-electron chi connectivity index (χ4n) is 1.44. The SMILES string of the molecule is COC(=O)[C@@H]1CC[C@H](C(=O)O)NC1. The summed E-state index contributed by atoms with van der Waals surface area (Å²) in [4.78, 5) is 21.6. The van der Waals surface area contributed by atoms with Crippen molar-refractivity contribution in [1.29, 1.82) is 0 Å². The van der Waals surface area contributed by atoms with Crippen LogP contribution in [0.25, 0.3) is 0 Å². The molecule has 1 saturated heterocycles. The smallest absolute Gasteiger partial charge is 0.320 e. The van der Waals surface area contributed by atoms with Crippen LogP contribution in [0, 0.1) is 5.92 Å². The van der Waals surface area contributed by atoms with Gasteiger partial charge in [0.05, 0.1) is 13.0 Å². The Morgan fingerprint density at radius 3 is 2.54 bits per heavy atom. The van der Waals surface area contributed by atoms with E-state index in [1.807, 2.05) is 0 Å². The van der Waals surface area contributed by atoms with E-state index in [1.54, 1.807) is 0 Å². The second-order valence-corrected chi connectivity index (χ2v) is 3.10. The van der Waals surface area contributed by atoms with Crippen LogP contribution in [0.4, 0.5) is 0 Å². The average Bonchev–Trinajstić information content (AvgIpc) is 2.17. The molecule has 2 N–H and O–H groups in total. The number of carboxylic acids is 1. The monoisotopic (exact) mass is 187 g/mol. The van der Waals surface area contributed by atoms with Gasteiger partial charge in [-0.3, -0.25) is 9.59 Å². The van der Waals surface area contributed by atoms with Gasteiger partial charge in [-0.25, -0.2) is 0 Å². The topological polar surface area (TPSA) is 75.6 Å². The van der Waals surface area contributed by atoms with Gasteiger partial charge in [0.25, 0.3) is 0 Å². The summed E-state index contributed by atoms with van der Waals surface area (Å²) in [7, 11) is 1.34. The summed E-state index contributed by atoms with van der Waals surface area (Å²) >= 11 is 0. The number of carbonyl (C=O) groups excluding carboxylic acids is 1. The van der Waals surface area contributed by atoms with E-state index >= 15 is 0 Å². The Balaban J connectivity index is 2.39. The van der Waals surface area contributed by atoms with Crippen molar-refractivity contribution in [1.82, 2.24) is 5.32 Å². The zero-order valence-electron chi connectivity index (χ0n) is 7.45. The minimum atomic E-state index is -0.858. The number of rotatable bonds is 2. The number of methoxy groups -OCH3 is 1. The number of carbonyl (C=O) groups is 2. The van der Waals surface area contributed by atoms with Gasteiger partial charge >= 0.3 is 11.9 Å². The van der Waals surface area contributed by atoms with Crippen molar-refractivity contribution in [2.24, 2.45) is 5.92 Å². The molecular weight excluding hydrogens is 174 g/mol. The molecule has 1 heterocycles. The molecule has 5 heteroatoms. The molecule has 74 valence electrons. The van der Waals surface area contributed by atoms with Crippen molar-refractivity contribution in [2.75, 3.05) is 13.7 Å². The lowest BCUT2D eigenvalue weighted by atomic mass is 9.95. The van der Waals surface area contributed by atoms with E-state index in [0.29, 0.717) is 19.4 Å². The Morgan fingerprint density at radius 2 is 2.15 bits per heavy atom. The lowest BCUT2D eigenvalue weighted by Gasteiger charge is -2.25. The highest BCUT2D eigenvalue weighted by Crippen LogP contribution is 2.15. The molecule has 2 atom stereocenters. The molecule has 1 fully saturated rings. The Labute approximate surface area is 76.1 Å². The maximum Gasteiger partial charge on any atom is 0.320 e. The Hall–Kier alpha value is -1.10. The van der Waals surface area contributed by atoms with Crippen LogP contribution in [-0.4, -0.2) is 36.7 Å². The first-order chi connectivity index (χ1) is 6.15. The van der Waals surface area contributed by atoms with Crippen LogP contribution in [-0.2, 0) is 14.3 Å². The standard InChI is InChI=1S/C8H13NO4/c1-13-8(12)5-2-3-6(7(10)11)9-4-5/h5-6,9H,2-4H2,1H3,(H,10,11)/t5-,6-/m1/s1. The molecule has 0 saturated carbocycles. The summed E-state index contributed by atoms with van der Waals surface area (Å²) in [5.41, 5.74) is 0. The molecule has 0 aromatic heterocycles. The third-order valence-corrected chi connectivity index (χ3v) is 2.25. The maximum absolute atomic E-state index is 11.0. The molecule has 5 nitrogen and oxygen atoms in total. The van der Waals surface area contributed by atoms with Crippen LogP contribution in [0.15, 0.2) is 0 Å². The number of hydrogen-bond donors (Lipinski definition) is 2. The van der Waals surface area contributed by atoms with E-state index in [1.165, 1.54) is 7.11 Å². The molecule has 0 bridgehead atoms. The normalized spacial score (nSPS) is 28.1. The van der Waals surface area contributed by atoms with Crippen molar-refractivity contribution in [3.05, 3.63) is 0 Å². The van der Waals surface area contributed by atoms with Crippen LogP contribution < -0.4 is 5.32 Å². The van der Waals surface area contributed by atoms with E-state index in [2.05, 4.69) is 10.1 Å². The van der Waals surface area contributed by atoms with E-state index in [0.717, 1.165) is 0 Å². The van der Waals surface area contributed by atoms with Crippen molar-refractivity contribution in [2.45, 2.75) is 18.9 Å². The number of ether oxygens (including phenoxy) is 1. The van der Waals surface area contributed by atoms with Gasteiger partial charge in [0.2, 0.25) is 0 Å². The van der Waals surface area contributed by atoms with Gasteiger partial charge in [0.1, 0.15) is 6.04 Å². The van der Waals surface area contributed by atoms with Crippen LogP contribution in [0.1, 0.15) is 12.8 Å². The predicted octanol–water partition coefficient (Wildman–Crippen LogP) is -0.388. The van der Waals surface area contributed by atoms with Gasteiger partial charge in [0.15, 0.2) is 0 Å². The maximum atomic E-state index is 11.0. The molecule has 0 aromatic carbocycles. The molecule has 13 heavy (non-hydrogen) atoms. The largest absolute Gasteiger partial charge is 0.480 e. The van der Waals surface area contributed by atoms with Gasteiger partial charge in [-0.15, -0.1) is 0 Å². The predicted molar refractivity (Wildman–Crippen MR) is 44.2 cm³/mol. The Kier molecular flexibility index (Phi) is 3.25. The first kappa shape index (κ1) is 9.98. The highest BCUT2D eigenvalue weighted by Gasteiger charge is 2.29. The summed E-state index contributed by atoms with van der Waals surface area (Å²) in [5, 5.41) is 11.4. The van der Waals surface area contributed by atoms with Crippen molar-refractivity contribution in [3.8, 4) is 0 Å². The van der Waals surface area contributed by atoms with Gasteiger partial charge in [-0.1, -0.05) is 0 Å². The third-order valence-electron chi connectivity index (χ3n) is 2.25. The van der Waals surface area contributed by atoms with Crippen LogP contribution in [0.2, 0.25) is 0 Å². The number of nitrogens with one attached hydrogen (secondary N) is 1. The molecule has 1 rings (SSSR count). The Morgan fingerprint density at radius 1 is 1.46 bits per heavy atom. The summed E-state index contributed by atoms with van der Waals surface area (Å²) in [6, 6.07) is -0.513. The second kappa shape index (κ2) is 4.23. The fourth-order valence-corrected chi connectivity index (χ4v) is 1.44. The molecular formula is C8H13NO4. The minimum Gasteiger partial charge on any atom is -0.480 e. The van der Waals surface area contributed by atoms with Crippen molar-refractivity contribution in [3.63, 3.8) is 0 Å². The molecule has 1 aliphatic heterocycles. The molecule has 1 aliphatic rings. The lowest BCUT2D eigenvalue weighted by molar-refractivity contribution is -0.148. The van der Waals surface area contributed by atoms with Crippen molar-refractivity contribution < 1.29 is 19.4 Å². The number of piperidine rings is 1. The summed E-state index contributed by atoms with van der Waals surface area (Å²) in [5.74, 6) is -1.32. The average molecular weight is 187 g/mol.